The Balaban J connectivity index is 1.74. The fraction of sp³-hybridized carbons (Fsp3) is 0.200. The lowest BCUT2D eigenvalue weighted by atomic mass is 10.2. The fourth-order valence-corrected chi connectivity index (χ4v) is 3.58. The van der Waals surface area contributed by atoms with E-state index in [1.54, 1.807) is 12.1 Å². The summed E-state index contributed by atoms with van der Waals surface area (Å²) >= 11 is 0. The van der Waals surface area contributed by atoms with Gasteiger partial charge in [0.25, 0.3) is 10.0 Å². The van der Waals surface area contributed by atoms with Gasteiger partial charge in [0, 0.05) is 6.54 Å². The number of para-hydroxylation sites is 2. The molecule has 0 aliphatic carbocycles. The molecule has 0 saturated heterocycles. The van der Waals surface area contributed by atoms with Gasteiger partial charge in [0.05, 0.1) is 21.8 Å². The largest absolute Gasteiger partial charge is 0.417 e. The topological polar surface area (TPSA) is 82.3 Å². The van der Waals surface area contributed by atoms with Gasteiger partial charge in [-0.05, 0) is 24.3 Å². The van der Waals surface area contributed by atoms with Crippen molar-refractivity contribution >= 4 is 21.4 Å². The van der Waals surface area contributed by atoms with Crippen molar-refractivity contribution < 1.29 is 21.6 Å². The Morgan fingerprint density at radius 2 is 1.64 bits per heavy atom. The third kappa shape index (κ3) is 3.86. The number of benzene rings is 2. The number of rotatable bonds is 4. The van der Waals surface area contributed by atoms with Gasteiger partial charge in [-0.15, -0.1) is 4.83 Å². The van der Waals surface area contributed by atoms with E-state index in [4.69, 9.17) is 0 Å². The first-order chi connectivity index (χ1) is 11.8. The van der Waals surface area contributed by atoms with Crippen LogP contribution < -0.4 is 20.9 Å². The van der Waals surface area contributed by atoms with Gasteiger partial charge in [0.2, 0.25) is 0 Å². The van der Waals surface area contributed by atoms with Crippen LogP contribution in [-0.4, -0.2) is 21.1 Å². The molecule has 25 heavy (non-hydrogen) atoms. The molecule has 2 aromatic carbocycles. The number of hydrazine groups is 1. The van der Waals surface area contributed by atoms with Crippen LogP contribution in [0.2, 0.25) is 0 Å². The molecule has 6 nitrogen and oxygen atoms in total. The summed E-state index contributed by atoms with van der Waals surface area (Å²) in [5.74, 6) is 0. The minimum Gasteiger partial charge on any atom is -0.380 e. The molecule has 0 saturated carbocycles. The van der Waals surface area contributed by atoms with Crippen molar-refractivity contribution in [3.8, 4) is 0 Å². The summed E-state index contributed by atoms with van der Waals surface area (Å²) in [7, 11) is -4.40. The maximum absolute atomic E-state index is 13.0. The van der Waals surface area contributed by atoms with Crippen molar-refractivity contribution in [3.05, 3.63) is 54.1 Å². The zero-order valence-corrected chi connectivity index (χ0v) is 13.6. The molecule has 2 aromatic rings. The minimum absolute atomic E-state index is 0.334. The van der Waals surface area contributed by atoms with Crippen LogP contribution in [0.15, 0.2) is 53.4 Å². The van der Waals surface area contributed by atoms with Crippen LogP contribution in [0.5, 0.6) is 0 Å². The molecule has 1 aliphatic rings. The van der Waals surface area contributed by atoms with E-state index in [0.29, 0.717) is 6.54 Å². The van der Waals surface area contributed by atoms with E-state index in [2.05, 4.69) is 16.1 Å². The molecule has 0 amide bonds. The van der Waals surface area contributed by atoms with Crippen molar-refractivity contribution in [2.24, 2.45) is 0 Å². The fourth-order valence-electron chi connectivity index (χ4n) is 2.44. The number of alkyl halides is 3. The van der Waals surface area contributed by atoms with Crippen LogP contribution >= 0.6 is 0 Å². The molecule has 1 aliphatic heterocycles. The number of sulfonamides is 1. The van der Waals surface area contributed by atoms with Gasteiger partial charge in [-0.2, -0.15) is 13.2 Å². The predicted molar refractivity (Wildman–Crippen MR) is 87.2 cm³/mol. The van der Waals surface area contributed by atoms with Crippen molar-refractivity contribution in [1.82, 2.24) is 10.3 Å². The van der Waals surface area contributed by atoms with E-state index in [9.17, 15) is 21.6 Å². The van der Waals surface area contributed by atoms with Crippen molar-refractivity contribution in [2.75, 3.05) is 17.2 Å². The predicted octanol–water partition coefficient (Wildman–Crippen LogP) is 2.35. The van der Waals surface area contributed by atoms with E-state index >= 15 is 0 Å². The average Bonchev–Trinajstić information content (AvgIpc) is 2.59. The second-order valence-corrected chi connectivity index (χ2v) is 7.02. The molecule has 1 heterocycles. The Morgan fingerprint density at radius 1 is 1.00 bits per heavy atom. The first-order valence-corrected chi connectivity index (χ1v) is 8.79. The van der Waals surface area contributed by atoms with Crippen LogP contribution in [0.25, 0.3) is 0 Å². The third-order valence-corrected chi connectivity index (χ3v) is 4.92. The SMILES string of the molecule is O=S(=O)(NNC1CNc2ccccc2N1)c1ccccc1C(F)(F)F. The molecule has 0 spiro atoms. The lowest BCUT2D eigenvalue weighted by Crippen LogP contribution is -2.52. The normalized spacial score (nSPS) is 17.3. The first-order valence-electron chi connectivity index (χ1n) is 7.30. The van der Waals surface area contributed by atoms with E-state index in [1.165, 1.54) is 6.07 Å². The molecule has 0 fully saturated rings. The van der Waals surface area contributed by atoms with Crippen LogP contribution in [0.4, 0.5) is 24.5 Å². The van der Waals surface area contributed by atoms with Crippen LogP contribution in [0, 0.1) is 0 Å². The maximum atomic E-state index is 13.0. The highest BCUT2D eigenvalue weighted by atomic mass is 32.2. The zero-order chi connectivity index (χ0) is 18.1. The van der Waals surface area contributed by atoms with Crippen LogP contribution in [0.1, 0.15) is 5.56 Å². The number of fused-ring (bicyclic) bond motifs is 1. The molecule has 4 N–H and O–H groups in total. The van der Waals surface area contributed by atoms with E-state index in [-0.39, 0.29) is 0 Å². The van der Waals surface area contributed by atoms with E-state index in [0.717, 1.165) is 29.6 Å². The molecule has 134 valence electrons. The van der Waals surface area contributed by atoms with Gasteiger partial charge < -0.3 is 10.6 Å². The summed E-state index contributed by atoms with van der Waals surface area (Å²) in [4.78, 5) is 1.17. The maximum Gasteiger partial charge on any atom is 0.417 e. The van der Waals surface area contributed by atoms with Crippen molar-refractivity contribution in [1.29, 1.82) is 0 Å². The van der Waals surface area contributed by atoms with Crippen LogP contribution in [0.3, 0.4) is 0 Å². The van der Waals surface area contributed by atoms with E-state index in [1.807, 2.05) is 17.0 Å². The second-order valence-electron chi connectivity index (χ2n) is 5.37. The smallest absolute Gasteiger partial charge is 0.380 e. The third-order valence-electron chi connectivity index (χ3n) is 3.60. The monoisotopic (exact) mass is 372 g/mol. The molecular weight excluding hydrogens is 357 g/mol. The van der Waals surface area contributed by atoms with Crippen molar-refractivity contribution in [3.63, 3.8) is 0 Å². The molecule has 0 radical (unpaired) electrons. The Kier molecular flexibility index (Phi) is 4.58. The number of nitrogens with one attached hydrogen (secondary N) is 4. The second kappa shape index (κ2) is 6.54. The molecule has 1 unspecified atom stereocenters. The summed E-state index contributed by atoms with van der Waals surface area (Å²) in [6.45, 7) is 0.334. The lowest BCUT2D eigenvalue weighted by Gasteiger charge is -2.29. The highest BCUT2D eigenvalue weighted by Gasteiger charge is 2.37. The van der Waals surface area contributed by atoms with Crippen LogP contribution in [-0.2, 0) is 16.2 Å². The summed E-state index contributed by atoms with van der Waals surface area (Å²) in [5.41, 5.74) is 2.89. The number of hydrogen-bond acceptors (Lipinski definition) is 5. The highest BCUT2D eigenvalue weighted by molar-refractivity contribution is 7.89. The molecule has 0 aromatic heterocycles. The number of halogens is 3. The quantitative estimate of drug-likeness (QED) is 0.620. The Bertz CT molecular complexity index is 871. The zero-order valence-electron chi connectivity index (χ0n) is 12.8. The van der Waals surface area contributed by atoms with Gasteiger partial charge in [-0.3, -0.25) is 0 Å². The van der Waals surface area contributed by atoms with Gasteiger partial charge in [-0.1, -0.05) is 24.3 Å². The number of anilines is 2. The van der Waals surface area contributed by atoms with Gasteiger partial charge in [-0.25, -0.2) is 13.8 Å². The molecule has 0 bridgehead atoms. The molecule has 10 heteroatoms. The Labute approximate surface area is 142 Å². The van der Waals surface area contributed by atoms with Crippen molar-refractivity contribution in [2.45, 2.75) is 17.2 Å². The summed E-state index contributed by atoms with van der Waals surface area (Å²) < 4.78 is 63.5. The summed E-state index contributed by atoms with van der Waals surface area (Å²) in [6, 6.07) is 11.3. The summed E-state index contributed by atoms with van der Waals surface area (Å²) in [6.07, 6.45) is -5.31. The highest BCUT2D eigenvalue weighted by Crippen LogP contribution is 2.33. The Hall–Kier alpha value is -2.30. The standard InChI is InChI=1S/C15H15F3N4O2S/c16-15(17,18)10-5-1-4-8-13(10)25(23,24)22-21-14-9-19-11-6-2-3-7-12(11)20-14/h1-8,14,19-22H,9H2. The van der Waals surface area contributed by atoms with Gasteiger partial charge >= 0.3 is 6.18 Å². The molecule has 3 rings (SSSR count). The minimum atomic E-state index is -4.77. The lowest BCUT2D eigenvalue weighted by molar-refractivity contribution is -0.139. The van der Waals surface area contributed by atoms with Gasteiger partial charge in [0.1, 0.15) is 6.17 Å². The first kappa shape index (κ1) is 17.5. The summed E-state index contributed by atoms with van der Waals surface area (Å²) in [5, 5.41) is 6.13. The average molecular weight is 372 g/mol. The van der Waals surface area contributed by atoms with E-state index < -0.39 is 32.8 Å². The van der Waals surface area contributed by atoms with Gasteiger partial charge in [0.15, 0.2) is 0 Å². The molecular formula is C15H15F3N4O2S. The number of hydrogen-bond donors (Lipinski definition) is 4. The molecule has 1 atom stereocenters. The Morgan fingerprint density at radius 3 is 2.36 bits per heavy atom.